The summed E-state index contributed by atoms with van der Waals surface area (Å²) in [5, 5.41) is 25.8. The number of nitrogens with zero attached hydrogens (tertiary/aromatic N) is 8. The molecule has 17 rings (SSSR count). The second-order valence-corrected chi connectivity index (χ2v) is 45.1. The summed E-state index contributed by atoms with van der Waals surface area (Å²) in [6.07, 6.45) is 22.4. The molecule has 7 aliphatic carbocycles. The number of methoxy groups -OCH3 is 1. The Bertz CT molecular complexity index is 5340. The number of aromatic nitrogens is 2. The number of ether oxygens (including phenoxy) is 2. The number of hydrogen-bond acceptors (Lipinski definition) is 16. The fourth-order valence-corrected chi connectivity index (χ4v) is 24.0. The predicted octanol–water partition coefficient (Wildman–Crippen LogP) is 25.5. The Kier molecular flexibility index (Phi) is 45.2. The lowest BCUT2D eigenvalue weighted by Crippen LogP contribution is -2.51. The molecule has 1 saturated heterocycles. The van der Waals surface area contributed by atoms with E-state index in [4.69, 9.17) is 55.9 Å². The van der Waals surface area contributed by atoms with E-state index in [0.717, 1.165) is 157 Å². The summed E-state index contributed by atoms with van der Waals surface area (Å²) < 4.78 is 49.5. The number of aryl methyl sites for hydroxylation is 5. The number of halogens is 6. The Hall–Kier alpha value is -7.65. The van der Waals surface area contributed by atoms with Crippen molar-refractivity contribution in [2.24, 2.45) is 64.6 Å². The molecule has 3 N–H and O–H groups in total. The van der Waals surface area contributed by atoms with Gasteiger partial charge in [-0.15, -0.1) is 21.5 Å². The number of aliphatic carboxylic acids is 1. The first-order chi connectivity index (χ1) is 65.5. The number of fused-ring (bicyclic) bond motifs is 2. The van der Waals surface area contributed by atoms with Gasteiger partial charge in [-0.2, -0.15) is 0 Å². The van der Waals surface area contributed by atoms with E-state index in [-0.39, 0.29) is 35.8 Å². The van der Waals surface area contributed by atoms with Gasteiger partial charge < -0.3 is 39.9 Å². The fraction of sp³-hybridized carbons (Fsp3) is 0.505. The zero-order chi connectivity index (χ0) is 98.9. The van der Waals surface area contributed by atoms with Crippen LogP contribution in [0.25, 0.3) is 0 Å². The summed E-state index contributed by atoms with van der Waals surface area (Å²) in [5.41, 5.74) is 9.57. The molecule has 1 aliphatic heterocycles. The molecule has 0 radical (unpaired) electrons. The van der Waals surface area contributed by atoms with Crippen molar-refractivity contribution in [3.8, 4) is 11.5 Å². The number of allylic oxidation sites excluding steroid dienone is 2. The highest BCUT2D eigenvalue weighted by molar-refractivity contribution is 9.10. The van der Waals surface area contributed by atoms with E-state index >= 15 is 0 Å². The van der Waals surface area contributed by atoms with Crippen LogP contribution in [-0.4, -0.2) is 183 Å². The first-order valence-electron chi connectivity index (χ1n) is 49.2. The van der Waals surface area contributed by atoms with E-state index < -0.39 is 39.4 Å². The molecule has 6 bridgehead atoms. The maximum Gasteiger partial charge on any atom is 0.307 e. The van der Waals surface area contributed by atoms with Gasteiger partial charge in [0.2, 0.25) is 5.91 Å². The molecular formula is C111H148BrCl4FN10O8S2. The van der Waals surface area contributed by atoms with Gasteiger partial charge in [0, 0.05) is 103 Å². The van der Waals surface area contributed by atoms with Crippen molar-refractivity contribution in [3.63, 3.8) is 0 Å². The molecule has 2 heterocycles. The lowest BCUT2D eigenvalue weighted by molar-refractivity contribution is -0.146. The van der Waals surface area contributed by atoms with Crippen LogP contribution in [0.2, 0.25) is 20.1 Å². The molecule has 8 aliphatic rings. The van der Waals surface area contributed by atoms with Gasteiger partial charge in [-0.1, -0.05) is 231 Å². The Morgan fingerprint density at radius 2 is 1.18 bits per heavy atom. The van der Waals surface area contributed by atoms with Gasteiger partial charge in [-0.05, 0) is 317 Å². The zero-order valence-corrected chi connectivity index (χ0v) is 89.2. The summed E-state index contributed by atoms with van der Waals surface area (Å²) in [4.78, 5) is 50.8. The second kappa shape index (κ2) is 55.7. The van der Waals surface area contributed by atoms with E-state index in [2.05, 4.69) is 202 Å². The highest BCUT2D eigenvalue weighted by Crippen LogP contribution is 2.58. The van der Waals surface area contributed by atoms with E-state index in [9.17, 15) is 32.3 Å². The zero-order valence-electron chi connectivity index (χ0n) is 83.0. The minimum absolute atomic E-state index is 0.00580. The van der Waals surface area contributed by atoms with E-state index in [1.807, 2.05) is 74.5 Å². The minimum Gasteiger partial charge on any atom is -0.497 e. The second-order valence-electron chi connectivity index (χ2n) is 39.3. The van der Waals surface area contributed by atoms with E-state index in [0.29, 0.717) is 36.1 Å². The number of nitrogens with one attached hydrogen (secondary N) is 2. The van der Waals surface area contributed by atoms with Crippen molar-refractivity contribution < 1.29 is 41.8 Å². The normalized spacial score (nSPS) is 20.7. The number of benzene rings is 8. The minimum atomic E-state index is -3.31. The molecule has 18 nitrogen and oxygen atoms in total. The SMILES string of the molecule is CCN(CC)CCN(CC)Cc1ccc(Cl)cc1Cl.CCN1CCN(C2CCC(C(C)(C)C)CC2)CC1.CN(C)CCN(Cc1ccccc1)Cc1ccccc1Br.COc1cccc(CCCC2C3CC4CC(C3)CC2C4)c1.Cc1ccc(NC(=O)COc2ccc(Cl)cc2Cl)c(F)c1.Cc1ccc(NC(=O)[C@@H]2C3C=CC(C3)[C@@H]2C(=O)O)cc1.Cc1ccc(S(=O)(=O)Cc2nnc(C)s2)cc1. The molecule has 744 valence electrons. The third kappa shape index (κ3) is 36.1. The number of piperazine rings is 1. The predicted molar refractivity (Wildman–Crippen MR) is 567 cm³/mol. The maximum atomic E-state index is 13.6. The van der Waals surface area contributed by atoms with Crippen LogP contribution in [0.5, 0.6) is 11.5 Å². The largest absolute Gasteiger partial charge is 0.497 e. The number of rotatable bonds is 32. The van der Waals surface area contributed by atoms with Crippen molar-refractivity contribution in [1.29, 1.82) is 0 Å². The number of sulfone groups is 1. The molecule has 8 aromatic carbocycles. The Morgan fingerprint density at radius 1 is 0.599 bits per heavy atom. The summed E-state index contributed by atoms with van der Waals surface area (Å²) in [6, 6.07) is 58.0. The Morgan fingerprint density at radius 3 is 1.76 bits per heavy atom. The van der Waals surface area contributed by atoms with Crippen LogP contribution in [0.3, 0.4) is 0 Å². The standard InChI is InChI=1S/C20H28O.C18H23BrN2.C16H32N2.C16H17NO3.C15H12Cl2FNO2.C15H24Cl2N2.C11H12N2O2S2/c1-21-19-6-2-4-14(13-19)5-3-7-20-17-9-15-8-16(11-17)12-18(20)10-15;1-20(2)12-13-21(14-16-8-4-3-5-9-16)15-17-10-6-7-11-18(17)19;1-5-17-10-12-18(13-11-17)15-8-6-14(7-9-15)16(2,3)4;1-9-2-6-12(7-3-9)17-15(18)13-10-4-5-11(8-10)14(13)16(19)20;1-9-2-4-13(12(18)6-9)19-15(20)8-21-14-5-3-10(16)7-11(14)17;1-4-18(5-2)9-10-19(6-3)12-13-7-8-14(16)11-15(13)17;1-8-3-5-10(6-4-8)17(14,15)7-11-13-12-9(2)16-11/h2,4,6,13,15-18,20H,3,5,7-12H2,1H3;3-11H,12-15H2,1-2H3;14-15H,5-13H2,1-4H3;2-7,10-11,13-14H,8H2,1H3,(H,17,18)(H,19,20);2-7H,8H2,1H3,(H,19,20);7-8,11H,4-6,9-10,12H2,1-3H3;3-6H,7H2,1-2H3/t;;;10?,11?,13-,14+;;;/m...1.../s1. The molecule has 6 saturated carbocycles. The first kappa shape index (κ1) is 111. The lowest BCUT2D eigenvalue weighted by atomic mass is 9.51. The van der Waals surface area contributed by atoms with Crippen LogP contribution in [0.4, 0.5) is 15.8 Å². The Balaban J connectivity index is 0.000000165. The monoisotopic (exact) mass is 2050 g/mol. The van der Waals surface area contributed by atoms with Gasteiger partial charge in [-0.3, -0.25) is 29.1 Å². The van der Waals surface area contributed by atoms with Gasteiger partial charge in [0.05, 0.1) is 34.6 Å². The molecule has 7 fully saturated rings. The number of carboxylic acid groups (broad SMARTS) is 1. The number of likely N-dealkylation sites (N-methyl/N-ethyl adjacent to an activating group) is 4. The summed E-state index contributed by atoms with van der Waals surface area (Å²) in [7, 11) is 2.70. The van der Waals surface area contributed by atoms with Crippen molar-refractivity contribution >= 4 is 113 Å². The molecule has 2 unspecified atom stereocenters. The first-order valence-corrected chi connectivity index (χ1v) is 54.0. The average molecular weight is 2060 g/mol. The van der Waals surface area contributed by atoms with Crippen LogP contribution < -0.4 is 20.1 Å². The third-order valence-electron chi connectivity index (χ3n) is 28.1. The van der Waals surface area contributed by atoms with Gasteiger partial charge >= 0.3 is 5.97 Å². The van der Waals surface area contributed by atoms with Crippen LogP contribution in [-0.2, 0) is 56.0 Å². The molecule has 1 aromatic heterocycles. The van der Waals surface area contributed by atoms with Crippen molar-refractivity contribution in [2.45, 2.75) is 196 Å². The molecule has 0 spiro atoms. The third-order valence-corrected chi connectivity index (χ3v) is 32.6. The topological polar surface area (TPSA) is 193 Å². The number of anilines is 2. The highest BCUT2D eigenvalue weighted by Gasteiger charge is 2.52. The maximum absolute atomic E-state index is 13.6. The molecular weight excluding hydrogens is 1910 g/mol. The van der Waals surface area contributed by atoms with Crippen LogP contribution in [0, 0.1) is 98.1 Å². The molecule has 2 amide bonds. The smallest absolute Gasteiger partial charge is 0.307 e. The van der Waals surface area contributed by atoms with Crippen molar-refractivity contribution in [1.82, 2.24) is 39.6 Å². The average Bonchev–Trinajstić information content (AvgIpc) is 1.75. The van der Waals surface area contributed by atoms with Gasteiger partial charge in [-0.25, -0.2) is 12.8 Å². The lowest BCUT2D eigenvalue weighted by Gasteiger charge is -2.54. The van der Waals surface area contributed by atoms with E-state index in [1.54, 1.807) is 95.5 Å². The van der Waals surface area contributed by atoms with Crippen LogP contribution in [0.1, 0.15) is 174 Å². The van der Waals surface area contributed by atoms with Gasteiger partial charge in [0.15, 0.2) is 16.4 Å². The Labute approximate surface area is 850 Å². The van der Waals surface area contributed by atoms with Crippen LogP contribution in [0.15, 0.2) is 204 Å². The number of carbonyl (C=O) groups excluding carboxylic acids is 2. The fourth-order valence-electron chi connectivity index (χ4n) is 20.4. The highest BCUT2D eigenvalue weighted by atomic mass is 79.9. The number of hydrogen-bond donors (Lipinski definition) is 3. The molecule has 9 aromatic rings. The van der Waals surface area contributed by atoms with Gasteiger partial charge in [0.1, 0.15) is 33.1 Å². The number of carbonyl (C=O) groups is 3. The summed E-state index contributed by atoms with van der Waals surface area (Å²) >= 11 is 28.8. The number of amides is 2. The summed E-state index contributed by atoms with van der Waals surface area (Å²) in [5.74, 6) is 4.67. The number of carboxylic acids is 1. The quantitative estimate of drug-likeness (QED) is 0.0337. The van der Waals surface area contributed by atoms with Gasteiger partial charge in [0.25, 0.3) is 5.91 Å². The molecule has 4 atom stereocenters. The molecule has 137 heavy (non-hydrogen) atoms. The summed E-state index contributed by atoms with van der Waals surface area (Å²) in [6.45, 7) is 40.1. The van der Waals surface area contributed by atoms with Crippen molar-refractivity contribution in [2.75, 3.05) is 117 Å². The van der Waals surface area contributed by atoms with Crippen molar-refractivity contribution in [3.05, 3.63) is 273 Å². The van der Waals surface area contributed by atoms with E-state index in [1.165, 1.54) is 128 Å². The molecule has 26 heteroatoms. The van der Waals surface area contributed by atoms with Crippen LogP contribution >= 0.6 is 73.7 Å².